The molecule has 0 heterocycles. The van der Waals surface area contributed by atoms with Crippen LogP contribution in [0.1, 0.15) is 27.2 Å². The molecule has 0 aliphatic rings. The SMILES string of the molecule is CCC(C)NCC(C)Oc1cc(Cl)ccc1Cl. The van der Waals surface area contributed by atoms with E-state index in [2.05, 4.69) is 19.2 Å². The first-order valence-electron chi connectivity index (χ1n) is 5.88. The molecule has 0 spiro atoms. The summed E-state index contributed by atoms with van der Waals surface area (Å²) in [6.45, 7) is 7.10. The lowest BCUT2D eigenvalue weighted by Crippen LogP contribution is -2.34. The fourth-order valence-corrected chi connectivity index (χ4v) is 1.66. The maximum absolute atomic E-state index is 6.03. The van der Waals surface area contributed by atoms with Gasteiger partial charge in [-0.25, -0.2) is 0 Å². The Kier molecular flexibility index (Phi) is 6.10. The van der Waals surface area contributed by atoms with Crippen LogP contribution >= 0.6 is 23.2 Å². The van der Waals surface area contributed by atoms with Crippen molar-refractivity contribution in [2.45, 2.75) is 39.3 Å². The minimum absolute atomic E-state index is 0.0555. The Hall–Kier alpha value is -0.440. The summed E-state index contributed by atoms with van der Waals surface area (Å²) in [7, 11) is 0. The predicted octanol–water partition coefficient (Wildman–Crippen LogP) is 4.15. The van der Waals surface area contributed by atoms with E-state index in [0.29, 0.717) is 21.8 Å². The Balaban J connectivity index is 2.50. The Morgan fingerprint density at radius 3 is 2.65 bits per heavy atom. The van der Waals surface area contributed by atoms with Gasteiger partial charge in [0.1, 0.15) is 11.9 Å². The normalized spacial score (nSPS) is 14.4. The van der Waals surface area contributed by atoms with Gasteiger partial charge in [0.2, 0.25) is 0 Å². The van der Waals surface area contributed by atoms with Crippen LogP contribution in [-0.4, -0.2) is 18.7 Å². The largest absolute Gasteiger partial charge is 0.488 e. The summed E-state index contributed by atoms with van der Waals surface area (Å²) in [5, 5.41) is 4.60. The smallest absolute Gasteiger partial charge is 0.139 e. The zero-order chi connectivity index (χ0) is 12.8. The average Bonchev–Trinajstić information content (AvgIpc) is 2.30. The molecule has 0 aromatic heterocycles. The van der Waals surface area contributed by atoms with E-state index < -0.39 is 0 Å². The van der Waals surface area contributed by atoms with Gasteiger partial charge < -0.3 is 10.1 Å². The maximum Gasteiger partial charge on any atom is 0.139 e. The molecule has 96 valence electrons. The topological polar surface area (TPSA) is 21.3 Å². The van der Waals surface area contributed by atoms with Gasteiger partial charge in [-0.15, -0.1) is 0 Å². The van der Waals surface area contributed by atoms with Gasteiger partial charge in [-0.05, 0) is 32.4 Å². The van der Waals surface area contributed by atoms with E-state index in [-0.39, 0.29) is 6.10 Å². The summed E-state index contributed by atoms with van der Waals surface area (Å²) >= 11 is 11.9. The van der Waals surface area contributed by atoms with E-state index in [4.69, 9.17) is 27.9 Å². The lowest BCUT2D eigenvalue weighted by Gasteiger charge is -2.19. The van der Waals surface area contributed by atoms with Gasteiger partial charge in [0.25, 0.3) is 0 Å². The van der Waals surface area contributed by atoms with Crippen LogP contribution in [0.25, 0.3) is 0 Å². The molecule has 1 N–H and O–H groups in total. The third kappa shape index (κ3) is 5.15. The fourth-order valence-electron chi connectivity index (χ4n) is 1.34. The van der Waals surface area contributed by atoms with Gasteiger partial charge in [-0.3, -0.25) is 0 Å². The highest BCUT2D eigenvalue weighted by Gasteiger charge is 2.09. The molecule has 2 nitrogen and oxygen atoms in total. The van der Waals surface area contributed by atoms with Gasteiger partial charge in [0, 0.05) is 23.7 Å². The van der Waals surface area contributed by atoms with Crippen LogP contribution in [0, 0.1) is 0 Å². The second-order valence-corrected chi connectivity index (χ2v) is 5.06. The van der Waals surface area contributed by atoms with E-state index in [0.717, 1.165) is 13.0 Å². The molecule has 1 aromatic carbocycles. The molecule has 2 unspecified atom stereocenters. The van der Waals surface area contributed by atoms with Crippen LogP contribution < -0.4 is 10.1 Å². The molecule has 0 aliphatic carbocycles. The fraction of sp³-hybridized carbons (Fsp3) is 0.538. The quantitative estimate of drug-likeness (QED) is 0.842. The lowest BCUT2D eigenvalue weighted by molar-refractivity contribution is 0.212. The molecular formula is C13H19Cl2NO. The van der Waals surface area contributed by atoms with E-state index in [1.165, 1.54) is 0 Å². The first-order chi connectivity index (χ1) is 8.02. The molecule has 4 heteroatoms. The molecule has 0 aliphatic heterocycles. The molecule has 0 saturated carbocycles. The van der Waals surface area contributed by atoms with Crippen LogP contribution in [0.2, 0.25) is 10.0 Å². The van der Waals surface area contributed by atoms with Gasteiger partial charge in [-0.1, -0.05) is 30.1 Å². The third-order valence-electron chi connectivity index (χ3n) is 2.59. The van der Waals surface area contributed by atoms with Crippen LogP contribution in [0.5, 0.6) is 5.75 Å². The molecule has 1 aromatic rings. The van der Waals surface area contributed by atoms with Gasteiger partial charge in [-0.2, -0.15) is 0 Å². The maximum atomic E-state index is 6.03. The summed E-state index contributed by atoms with van der Waals surface area (Å²) in [6, 6.07) is 5.73. The van der Waals surface area contributed by atoms with Crippen LogP contribution in [0.15, 0.2) is 18.2 Å². The molecular weight excluding hydrogens is 257 g/mol. The van der Waals surface area contributed by atoms with Crippen molar-refractivity contribution < 1.29 is 4.74 Å². The summed E-state index contributed by atoms with van der Waals surface area (Å²) in [6.07, 6.45) is 1.16. The predicted molar refractivity (Wildman–Crippen MR) is 74.3 cm³/mol. The van der Waals surface area contributed by atoms with Crippen molar-refractivity contribution in [2.24, 2.45) is 0 Å². The highest BCUT2D eigenvalue weighted by atomic mass is 35.5. The number of benzene rings is 1. The number of rotatable bonds is 6. The van der Waals surface area contributed by atoms with Crippen molar-refractivity contribution in [1.82, 2.24) is 5.32 Å². The molecule has 17 heavy (non-hydrogen) atoms. The average molecular weight is 276 g/mol. The number of hydrogen-bond donors (Lipinski definition) is 1. The zero-order valence-corrected chi connectivity index (χ0v) is 12.0. The highest BCUT2D eigenvalue weighted by molar-refractivity contribution is 6.34. The summed E-state index contributed by atoms with van der Waals surface area (Å²) in [5.41, 5.74) is 0. The zero-order valence-electron chi connectivity index (χ0n) is 10.5. The number of ether oxygens (including phenoxy) is 1. The molecule has 0 radical (unpaired) electrons. The van der Waals surface area contributed by atoms with Crippen molar-refractivity contribution in [2.75, 3.05) is 6.54 Å². The first kappa shape index (κ1) is 14.6. The first-order valence-corrected chi connectivity index (χ1v) is 6.63. The molecule has 0 fully saturated rings. The number of nitrogens with one attached hydrogen (secondary N) is 1. The van der Waals surface area contributed by atoms with Crippen molar-refractivity contribution in [3.63, 3.8) is 0 Å². The van der Waals surface area contributed by atoms with Gasteiger partial charge in [0.15, 0.2) is 0 Å². The second-order valence-electron chi connectivity index (χ2n) is 4.22. The molecule has 0 bridgehead atoms. The Labute approximate surface area is 113 Å². The van der Waals surface area contributed by atoms with E-state index in [9.17, 15) is 0 Å². The minimum atomic E-state index is 0.0555. The number of halogens is 2. The van der Waals surface area contributed by atoms with Gasteiger partial charge in [0.05, 0.1) is 5.02 Å². The standard InChI is InChI=1S/C13H19Cl2NO/c1-4-9(2)16-8-10(3)17-13-7-11(14)5-6-12(13)15/h5-7,9-10,16H,4,8H2,1-3H3. The Morgan fingerprint density at radius 2 is 2.00 bits per heavy atom. The second kappa shape index (κ2) is 7.10. The molecule has 0 amide bonds. The molecule has 1 rings (SSSR count). The van der Waals surface area contributed by atoms with E-state index in [1.54, 1.807) is 18.2 Å². The van der Waals surface area contributed by atoms with Crippen molar-refractivity contribution >= 4 is 23.2 Å². The van der Waals surface area contributed by atoms with Crippen molar-refractivity contribution in [1.29, 1.82) is 0 Å². The van der Waals surface area contributed by atoms with Gasteiger partial charge >= 0.3 is 0 Å². The van der Waals surface area contributed by atoms with Crippen molar-refractivity contribution in [3.8, 4) is 5.75 Å². The highest BCUT2D eigenvalue weighted by Crippen LogP contribution is 2.28. The van der Waals surface area contributed by atoms with E-state index in [1.807, 2.05) is 6.92 Å². The Bertz CT molecular complexity index is 357. The monoisotopic (exact) mass is 275 g/mol. The third-order valence-corrected chi connectivity index (χ3v) is 3.13. The van der Waals surface area contributed by atoms with Crippen LogP contribution in [0.4, 0.5) is 0 Å². The lowest BCUT2D eigenvalue weighted by atomic mass is 10.2. The molecule has 2 atom stereocenters. The van der Waals surface area contributed by atoms with Crippen LogP contribution in [-0.2, 0) is 0 Å². The van der Waals surface area contributed by atoms with Crippen molar-refractivity contribution in [3.05, 3.63) is 28.2 Å². The number of hydrogen-bond acceptors (Lipinski definition) is 2. The summed E-state index contributed by atoms with van der Waals surface area (Å²) < 4.78 is 5.74. The van der Waals surface area contributed by atoms with Crippen LogP contribution in [0.3, 0.4) is 0 Å². The molecule has 0 saturated heterocycles. The minimum Gasteiger partial charge on any atom is -0.488 e. The summed E-state index contributed by atoms with van der Waals surface area (Å²) in [5.74, 6) is 0.637. The van der Waals surface area contributed by atoms with E-state index >= 15 is 0 Å². The Morgan fingerprint density at radius 1 is 1.29 bits per heavy atom. The summed E-state index contributed by atoms with van der Waals surface area (Å²) in [4.78, 5) is 0.